The number of halogens is 1. The van der Waals surface area contributed by atoms with Gasteiger partial charge in [0.15, 0.2) is 5.82 Å². The fourth-order valence-corrected chi connectivity index (χ4v) is 3.35. The predicted molar refractivity (Wildman–Crippen MR) is 96.7 cm³/mol. The normalized spacial score (nSPS) is 14.2. The molecule has 0 radical (unpaired) electrons. The molecule has 25 heavy (non-hydrogen) atoms. The summed E-state index contributed by atoms with van der Waals surface area (Å²) in [4.78, 5) is 14.0. The summed E-state index contributed by atoms with van der Waals surface area (Å²) in [6.45, 7) is 3.51. The number of amides is 2. The third-order valence-electron chi connectivity index (χ3n) is 4.41. The smallest absolute Gasteiger partial charge is 0.323 e. The molecule has 1 saturated heterocycles. The molecule has 1 aliphatic rings. The van der Waals surface area contributed by atoms with Crippen LogP contribution in [0.25, 0.3) is 22.0 Å². The molecule has 0 bridgehead atoms. The molecular weight excluding hydrogens is 340 g/mol. The highest BCUT2D eigenvalue weighted by atomic mass is 35.5. The zero-order valence-electron chi connectivity index (χ0n) is 13.7. The van der Waals surface area contributed by atoms with Crippen molar-refractivity contribution < 1.29 is 4.79 Å². The minimum absolute atomic E-state index is 0.140. The van der Waals surface area contributed by atoms with E-state index in [0.29, 0.717) is 16.4 Å². The van der Waals surface area contributed by atoms with Crippen molar-refractivity contribution in [3.63, 3.8) is 0 Å². The lowest BCUT2D eigenvalue weighted by molar-refractivity contribution is 0.222. The van der Waals surface area contributed by atoms with Crippen LogP contribution < -0.4 is 5.32 Å². The van der Waals surface area contributed by atoms with Gasteiger partial charge in [-0.15, -0.1) is 10.2 Å². The van der Waals surface area contributed by atoms with Gasteiger partial charge in [-0.3, -0.25) is 10.4 Å². The van der Waals surface area contributed by atoms with Crippen LogP contribution >= 0.6 is 11.6 Å². The number of anilines is 1. The van der Waals surface area contributed by atoms with Crippen LogP contribution in [0.15, 0.2) is 24.4 Å². The number of nitrogens with zero attached hydrogens (tertiary/aromatic N) is 4. The quantitative estimate of drug-likeness (QED) is 0.734. The van der Waals surface area contributed by atoms with E-state index in [1.54, 1.807) is 17.2 Å². The molecule has 2 N–H and O–H groups in total. The van der Waals surface area contributed by atoms with Crippen LogP contribution in [0.5, 0.6) is 0 Å². The Bertz CT molecular complexity index is 947. The lowest BCUT2D eigenvalue weighted by atomic mass is 10.0. The summed E-state index contributed by atoms with van der Waals surface area (Å²) < 4.78 is 0. The first-order valence-electron chi connectivity index (χ1n) is 8.15. The van der Waals surface area contributed by atoms with E-state index < -0.39 is 0 Å². The van der Waals surface area contributed by atoms with Crippen molar-refractivity contribution in [3.8, 4) is 11.1 Å². The summed E-state index contributed by atoms with van der Waals surface area (Å²) >= 11 is 6.36. The SMILES string of the molecule is Cc1[nH]ncc1-c1cc(Cl)c2nnc(NC(=O)N3CCCC3)cc2c1. The molecule has 4 rings (SSSR count). The highest BCUT2D eigenvalue weighted by Gasteiger charge is 2.18. The molecule has 3 aromatic rings. The molecule has 2 aromatic heterocycles. The van der Waals surface area contributed by atoms with E-state index in [4.69, 9.17) is 11.6 Å². The van der Waals surface area contributed by atoms with E-state index in [9.17, 15) is 4.79 Å². The molecular formula is C17H17ClN6O. The average molecular weight is 357 g/mol. The first kappa shape index (κ1) is 15.8. The van der Waals surface area contributed by atoms with Crippen LogP contribution in [0, 0.1) is 6.92 Å². The van der Waals surface area contributed by atoms with Gasteiger partial charge >= 0.3 is 6.03 Å². The molecule has 7 nitrogen and oxygen atoms in total. The van der Waals surface area contributed by atoms with E-state index in [2.05, 4.69) is 25.7 Å². The molecule has 0 spiro atoms. The minimum Gasteiger partial charge on any atom is -0.324 e. The molecule has 0 saturated carbocycles. The fourth-order valence-electron chi connectivity index (χ4n) is 3.08. The van der Waals surface area contributed by atoms with Crippen molar-refractivity contribution in [1.82, 2.24) is 25.3 Å². The third kappa shape index (κ3) is 3.02. The van der Waals surface area contributed by atoms with Gasteiger partial charge in [0.05, 0.1) is 11.2 Å². The molecule has 1 fully saturated rings. The predicted octanol–water partition coefficient (Wildman–Crippen LogP) is 3.61. The average Bonchev–Trinajstić information content (AvgIpc) is 3.26. The molecule has 128 valence electrons. The number of fused-ring (bicyclic) bond motifs is 1. The Morgan fingerprint density at radius 2 is 2.04 bits per heavy atom. The number of nitrogens with one attached hydrogen (secondary N) is 2. The fraction of sp³-hybridized carbons (Fsp3) is 0.294. The number of carbonyl (C=O) groups excluding carboxylic acids is 1. The maximum Gasteiger partial charge on any atom is 0.323 e. The summed E-state index contributed by atoms with van der Waals surface area (Å²) in [7, 11) is 0. The Hall–Kier alpha value is -2.67. The van der Waals surface area contributed by atoms with Gasteiger partial charge in [0, 0.05) is 29.7 Å². The zero-order chi connectivity index (χ0) is 17.4. The van der Waals surface area contributed by atoms with Crippen LogP contribution in [0.4, 0.5) is 10.6 Å². The van der Waals surface area contributed by atoms with Crippen molar-refractivity contribution in [2.24, 2.45) is 0 Å². The first-order valence-corrected chi connectivity index (χ1v) is 8.53. The number of H-pyrrole nitrogens is 1. The Morgan fingerprint density at radius 3 is 2.76 bits per heavy atom. The Morgan fingerprint density at radius 1 is 1.24 bits per heavy atom. The largest absolute Gasteiger partial charge is 0.324 e. The van der Waals surface area contributed by atoms with Crippen LogP contribution in [-0.4, -0.2) is 44.4 Å². The van der Waals surface area contributed by atoms with Gasteiger partial charge < -0.3 is 4.90 Å². The minimum atomic E-state index is -0.140. The Labute approximate surface area is 149 Å². The third-order valence-corrected chi connectivity index (χ3v) is 4.70. The van der Waals surface area contributed by atoms with Crippen molar-refractivity contribution in [2.45, 2.75) is 19.8 Å². The van der Waals surface area contributed by atoms with E-state index in [0.717, 1.165) is 48.1 Å². The topological polar surface area (TPSA) is 86.8 Å². The van der Waals surface area contributed by atoms with Crippen molar-refractivity contribution in [2.75, 3.05) is 18.4 Å². The molecule has 2 amide bonds. The van der Waals surface area contributed by atoms with Crippen molar-refractivity contribution in [3.05, 3.63) is 35.1 Å². The Kier molecular flexibility index (Phi) is 4.01. The summed E-state index contributed by atoms with van der Waals surface area (Å²) in [5.74, 6) is 0.418. The highest BCUT2D eigenvalue weighted by molar-refractivity contribution is 6.35. The Balaban J connectivity index is 1.69. The number of urea groups is 1. The van der Waals surface area contributed by atoms with E-state index >= 15 is 0 Å². The summed E-state index contributed by atoms with van der Waals surface area (Å²) in [6.07, 6.45) is 3.84. The maximum atomic E-state index is 12.2. The molecule has 8 heteroatoms. The number of aromatic amines is 1. The number of hydrogen-bond acceptors (Lipinski definition) is 4. The number of aromatic nitrogens is 4. The van der Waals surface area contributed by atoms with E-state index in [1.165, 1.54) is 0 Å². The van der Waals surface area contributed by atoms with Crippen molar-refractivity contribution in [1.29, 1.82) is 0 Å². The molecule has 0 atom stereocenters. The number of benzene rings is 1. The van der Waals surface area contributed by atoms with Gasteiger partial charge in [0.1, 0.15) is 5.52 Å². The maximum absolute atomic E-state index is 12.2. The zero-order valence-corrected chi connectivity index (χ0v) is 14.5. The van der Waals surface area contributed by atoms with Crippen LogP contribution in [0.1, 0.15) is 18.5 Å². The molecule has 0 aliphatic carbocycles. The molecule has 0 unspecified atom stereocenters. The van der Waals surface area contributed by atoms with E-state index in [-0.39, 0.29) is 6.03 Å². The van der Waals surface area contributed by atoms with Crippen molar-refractivity contribution >= 4 is 34.4 Å². The monoisotopic (exact) mass is 356 g/mol. The number of carbonyl (C=O) groups is 1. The summed E-state index contributed by atoms with van der Waals surface area (Å²) in [5.41, 5.74) is 3.47. The second kappa shape index (κ2) is 6.33. The van der Waals surface area contributed by atoms with Gasteiger partial charge in [-0.05, 0) is 43.5 Å². The second-order valence-electron chi connectivity index (χ2n) is 6.16. The van der Waals surface area contributed by atoms with Crippen LogP contribution in [0.2, 0.25) is 5.02 Å². The number of likely N-dealkylation sites (tertiary alicyclic amines) is 1. The first-order chi connectivity index (χ1) is 12.1. The van der Waals surface area contributed by atoms with Gasteiger partial charge in [0.25, 0.3) is 0 Å². The number of hydrogen-bond donors (Lipinski definition) is 2. The lowest BCUT2D eigenvalue weighted by Gasteiger charge is -2.15. The molecule has 3 heterocycles. The molecule has 1 aromatic carbocycles. The van der Waals surface area contributed by atoms with Crippen LogP contribution in [0.3, 0.4) is 0 Å². The van der Waals surface area contributed by atoms with Gasteiger partial charge in [-0.25, -0.2) is 4.79 Å². The standard InChI is InChI=1S/C17H17ClN6O/c1-10-13(9-19-21-10)11-6-12-8-15(22-23-16(12)14(18)7-11)20-17(25)24-4-2-3-5-24/h6-9H,2-5H2,1H3,(H,19,21)(H,20,22,25). The van der Waals surface area contributed by atoms with Gasteiger partial charge in [-0.2, -0.15) is 5.10 Å². The highest BCUT2D eigenvalue weighted by Crippen LogP contribution is 2.31. The lowest BCUT2D eigenvalue weighted by Crippen LogP contribution is -2.32. The molecule has 1 aliphatic heterocycles. The van der Waals surface area contributed by atoms with Crippen LogP contribution in [-0.2, 0) is 0 Å². The van der Waals surface area contributed by atoms with Gasteiger partial charge in [-0.1, -0.05) is 11.6 Å². The number of aryl methyl sites for hydroxylation is 1. The van der Waals surface area contributed by atoms with E-state index in [1.807, 2.05) is 19.1 Å². The second-order valence-corrected chi connectivity index (χ2v) is 6.57. The number of rotatable bonds is 2. The summed E-state index contributed by atoms with van der Waals surface area (Å²) in [5, 5.41) is 19.4. The summed E-state index contributed by atoms with van der Waals surface area (Å²) in [6, 6.07) is 5.47. The van der Waals surface area contributed by atoms with Gasteiger partial charge in [0.2, 0.25) is 0 Å².